The Morgan fingerprint density at radius 3 is 1.63 bits per heavy atom. The lowest BCUT2D eigenvalue weighted by molar-refractivity contribution is 0.338. The van der Waals surface area contributed by atoms with Gasteiger partial charge in [-0.2, -0.15) is 0 Å². The van der Waals surface area contributed by atoms with Gasteiger partial charge in [-0.1, -0.05) is 0 Å². The van der Waals surface area contributed by atoms with E-state index in [2.05, 4.69) is 4.98 Å². The number of nitrogens with one attached hydrogen (secondary N) is 1. The van der Waals surface area contributed by atoms with Crippen molar-refractivity contribution in [2.24, 2.45) is 0 Å². The zero-order chi connectivity index (χ0) is 13.7. The van der Waals surface area contributed by atoms with Gasteiger partial charge in [0.15, 0.2) is 0 Å². The molecule has 104 valence electrons. The summed E-state index contributed by atoms with van der Waals surface area (Å²) >= 11 is 0. The third-order valence-electron chi connectivity index (χ3n) is 3.56. The molecule has 0 aliphatic carbocycles. The van der Waals surface area contributed by atoms with Crippen LogP contribution in [0.2, 0.25) is 0 Å². The van der Waals surface area contributed by atoms with E-state index in [0.29, 0.717) is 0 Å². The quantitative estimate of drug-likeness (QED) is 0.655. The second-order valence-corrected chi connectivity index (χ2v) is 5.00. The summed E-state index contributed by atoms with van der Waals surface area (Å²) in [5.41, 5.74) is -2.00. The maximum atomic E-state index is 12.1. The van der Waals surface area contributed by atoms with E-state index in [9.17, 15) is 14.4 Å². The van der Waals surface area contributed by atoms with Gasteiger partial charge in [-0.15, -0.1) is 0 Å². The Kier molecular flexibility index (Phi) is 2.72. The van der Waals surface area contributed by atoms with Crippen LogP contribution in [0.3, 0.4) is 0 Å². The predicted octanol–water partition coefficient (Wildman–Crippen LogP) is -1.73. The topological polar surface area (TPSA) is 102 Å². The molecule has 2 aliphatic heterocycles. The number of aromatic nitrogens is 3. The van der Waals surface area contributed by atoms with E-state index < -0.39 is 17.1 Å². The molecule has 1 aromatic rings. The van der Waals surface area contributed by atoms with Crippen LogP contribution in [0.4, 0.5) is 0 Å². The lowest BCUT2D eigenvalue weighted by Gasteiger charge is -2.06. The molecule has 2 fully saturated rings. The van der Waals surface area contributed by atoms with Crippen LogP contribution in [-0.4, -0.2) is 38.5 Å². The summed E-state index contributed by atoms with van der Waals surface area (Å²) in [5.74, 6) is 0. The van der Waals surface area contributed by atoms with Gasteiger partial charge >= 0.3 is 17.1 Å². The number of ether oxygens (including phenoxy) is 2. The van der Waals surface area contributed by atoms with Crippen LogP contribution >= 0.6 is 0 Å². The minimum absolute atomic E-state index is 0.0402. The number of epoxide rings is 2. The maximum Gasteiger partial charge on any atom is 0.336 e. The van der Waals surface area contributed by atoms with E-state index in [-0.39, 0.29) is 37.5 Å². The van der Waals surface area contributed by atoms with Crippen LogP contribution in [0.25, 0.3) is 0 Å². The molecule has 0 spiro atoms. The van der Waals surface area contributed by atoms with Crippen LogP contribution in [0.15, 0.2) is 14.4 Å². The van der Waals surface area contributed by atoms with Gasteiger partial charge in [-0.25, -0.2) is 23.5 Å². The van der Waals surface area contributed by atoms with Crippen molar-refractivity contribution >= 4 is 0 Å². The Bertz CT molecular complexity index is 619. The van der Waals surface area contributed by atoms with Crippen molar-refractivity contribution in [3.05, 3.63) is 31.5 Å². The highest BCUT2D eigenvalue weighted by molar-refractivity contribution is 4.87. The van der Waals surface area contributed by atoms with Crippen molar-refractivity contribution < 1.29 is 9.47 Å². The van der Waals surface area contributed by atoms with E-state index in [4.69, 9.17) is 9.47 Å². The average Bonchev–Trinajstić information content (AvgIpc) is 3.21. The van der Waals surface area contributed by atoms with Crippen LogP contribution in [0.5, 0.6) is 0 Å². The molecule has 1 aromatic heterocycles. The van der Waals surface area contributed by atoms with Gasteiger partial charge in [0.25, 0.3) is 0 Å². The first-order chi connectivity index (χ1) is 8.97. The largest absolute Gasteiger partial charge is 0.368 e. The summed E-state index contributed by atoms with van der Waals surface area (Å²) in [7, 11) is 0. The zero-order valence-electron chi connectivity index (χ0n) is 10.7. The van der Waals surface area contributed by atoms with Gasteiger partial charge in [0.2, 0.25) is 0 Å². The first-order valence-corrected chi connectivity index (χ1v) is 6.22. The molecule has 0 saturated carbocycles. The van der Waals surface area contributed by atoms with E-state index in [1.165, 1.54) is 0 Å². The maximum absolute atomic E-state index is 12.1. The monoisotopic (exact) mass is 269 g/mol. The van der Waals surface area contributed by atoms with Crippen molar-refractivity contribution in [3.63, 3.8) is 0 Å². The van der Waals surface area contributed by atoms with E-state index in [1.807, 2.05) is 13.8 Å². The molecule has 2 saturated heterocycles. The van der Waals surface area contributed by atoms with Crippen LogP contribution in [0, 0.1) is 0 Å². The molecule has 1 N–H and O–H groups in total. The first kappa shape index (κ1) is 12.4. The minimum Gasteiger partial charge on any atom is -0.368 e. The Morgan fingerprint density at radius 1 is 0.947 bits per heavy atom. The van der Waals surface area contributed by atoms with Gasteiger partial charge in [-0.3, -0.25) is 4.98 Å². The van der Waals surface area contributed by atoms with Gasteiger partial charge in [-0.05, 0) is 13.8 Å². The number of H-pyrrole nitrogens is 1. The number of aromatic amines is 1. The number of hydrogen-bond acceptors (Lipinski definition) is 5. The summed E-state index contributed by atoms with van der Waals surface area (Å²) in [6, 6.07) is 0. The molecule has 4 atom stereocenters. The van der Waals surface area contributed by atoms with E-state index in [0.717, 1.165) is 9.13 Å². The van der Waals surface area contributed by atoms with Crippen molar-refractivity contribution in [2.45, 2.75) is 51.4 Å². The summed E-state index contributed by atoms with van der Waals surface area (Å²) in [5, 5.41) is 0. The highest BCUT2D eigenvalue weighted by Crippen LogP contribution is 2.22. The molecule has 19 heavy (non-hydrogen) atoms. The molecular weight excluding hydrogens is 254 g/mol. The van der Waals surface area contributed by atoms with Crippen LogP contribution in [0.1, 0.15) is 13.8 Å². The molecule has 0 radical (unpaired) electrons. The number of rotatable bonds is 4. The fourth-order valence-corrected chi connectivity index (χ4v) is 2.07. The van der Waals surface area contributed by atoms with Crippen molar-refractivity contribution in [2.75, 3.05) is 0 Å². The van der Waals surface area contributed by atoms with Crippen LogP contribution < -0.4 is 17.1 Å². The van der Waals surface area contributed by atoms with E-state index >= 15 is 0 Å². The normalized spacial score (nSPS) is 32.3. The molecule has 0 aromatic carbocycles. The second-order valence-electron chi connectivity index (χ2n) is 5.00. The minimum atomic E-state index is -0.696. The Balaban J connectivity index is 1.95. The fraction of sp³-hybridized carbons (Fsp3) is 0.727. The summed E-state index contributed by atoms with van der Waals surface area (Å²) in [4.78, 5) is 37.6. The Labute approximate surface area is 107 Å². The molecule has 0 amide bonds. The molecule has 8 nitrogen and oxygen atoms in total. The summed E-state index contributed by atoms with van der Waals surface area (Å²) < 4.78 is 12.4. The molecular formula is C11H15N3O5. The lowest BCUT2D eigenvalue weighted by atomic mass is 10.3. The Morgan fingerprint density at radius 2 is 1.32 bits per heavy atom. The molecule has 4 unspecified atom stereocenters. The third kappa shape index (κ3) is 2.28. The SMILES string of the molecule is CC1OC1Cn1c(=O)[nH]c(=O)n(CC2OC2C)c1=O. The smallest absolute Gasteiger partial charge is 0.336 e. The standard InChI is InChI=1S/C11H15N3O5/c1-5-7(18-5)3-13-9(15)12-10(16)14(11(13)17)4-8-6(2)19-8/h5-8H,3-4H2,1-2H3,(H,12,15,16). The zero-order valence-corrected chi connectivity index (χ0v) is 10.7. The second kappa shape index (κ2) is 4.17. The molecule has 8 heteroatoms. The van der Waals surface area contributed by atoms with Gasteiger partial charge in [0.05, 0.1) is 25.3 Å². The number of nitrogens with zero attached hydrogens (tertiary/aromatic N) is 2. The average molecular weight is 269 g/mol. The van der Waals surface area contributed by atoms with E-state index in [1.54, 1.807) is 0 Å². The number of hydrogen-bond donors (Lipinski definition) is 1. The molecule has 2 aliphatic rings. The van der Waals surface area contributed by atoms with Crippen molar-refractivity contribution in [1.29, 1.82) is 0 Å². The molecule has 3 rings (SSSR count). The van der Waals surface area contributed by atoms with Gasteiger partial charge in [0, 0.05) is 0 Å². The van der Waals surface area contributed by atoms with Crippen molar-refractivity contribution in [3.8, 4) is 0 Å². The predicted molar refractivity (Wildman–Crippen MR) is 64.3 cm³/mol. The lowest BCUT2D eigenvalue weighted by Crippen LogP contribution is -2.50. The summed E-state index contributed by atoms with van der Waals surface area (Å²) in [6.07, 6.45) is -0.196. The van der Waals surface area contributed by atoms with Crippen molar-refractivity contribution in [1.82, 2.24) is 14.1 Å². The summed E-state index contributed by atoms with van der Waals surface area (Å²) in [6.45, 7) is 4.05. The van der Waals surface area contributed by atoms with Gasteiger partial charge < -0.3 is 9.47 Å². The van der Waals surface area contributed by atoms with Gasteiger partial charge in [0.1, 0.15) is 12.2 Å². The third-order valence-corrected chi connectivity index (χ3v) is 3.56. The fourth-order valence-electron chi connectivity index (χ4n) is 2.07. The highest BCUT2D eigenvalue weighted by Gasteiger charge is 2.37. The molecule has 3 heterocycles. The first-order valence-electron chi connectivity index (χ1n) is 6.22. The highest BCUT2D eigenvalue weighted by atomic mass is 16.6. The Hall–Kier alpha value is -1.67. The molecule has 0 bridgehead atoms. The van der Waals surface area contributed by atoms with Crippen LogP contribution in [-0.2, 0) is 22.6 Å².